The molecule has 1 aromatic heterocycles. The molecule has 0 aliphatic carbocycles. The van der Waals surface area contributed by atoms with Crippen LogP contribution in [0.5, 0.6) is 5.75 Å². The fourth-order valence-corrected chi connectivity index (χ4v) is 3.44. The third-order valence-corrected chi connectivity index (χ3v) is 4.44. The van der Waals surface area contributed by atoms with Crippen LogP contribution in [0, 0.1) is 0 Å². The summed E-state index contributed by atoms with van der Waals surface area (Å²) in [6, 6.07) is 10.2. The lowest BCUT2D eigenvalue weighted by Crippen LogP contribution is -2.10. The Kier molecular flexibility index (Phi) is 4.20. The molecule has 0 aliphatic heterocycles. The van der Waals surface area contributed by atoms with E-state index in [1.165, 1.54) is 41.3 Å². The Morgan fingerprint density at radius 2 is 1.65 bits per heavy atom. The zero-order chi connectivity index (χ0) is 16.4. The van der Waals surface area contributed by atoms with Gasteiger partial charge in [-0.25, -0.2) is 4.68 Å². The molecule has 10 heteroatoms. The highest BCUT2D eigenvalue weighted by Gasteiger charge is 2.18. The largest absolute Gasteiger partial charge is 0.379 e. The van der Waals surface area contributed by atoms with Gasteiger partial charge in [0.25, 0.3) is 0 Å². The van der Waals surface area contributed by atoms with Crippen LogP contribution >= 0.6 is 23.2 Å². The van der Waals surface area contributed by atoms with Gasteiger partial charge in [0, 0.05) is 10.0 Å². The third-order valence-electron chi connectivity index (χ3n) is 2.78. The Morgan fingerprint density at radius 1 is 1.00 bits per heavy atom. The second kappa shape index (κ2) is 6.15. The van der Waals surface area contributed by atoms with E-state index in [0.29, 0.717) is 5.69 Å². The highest BCUT2D eigenvalue weighted by molar-refractivity contribution is 7.87. The molecule has 2 aromatic carbocycles. The van der Waals surface area contributed by atoms with E-state index in [1.54, 1.807) is 12.1 Å². The van der Waals surface area contributed by atoms with E-state index in [9.17, 15) is 8.42 Å². The van der Waals surface area contributed by atoms with Crippen molar-refractivity contribution in [3.63, 3.8) is 0 Å². The van der Waals surface area contributed by atoms with Gasteiger partial charge < -0.3 is 4.18 Å². The number of halogens is 2. The molecule has 0 fully saturated rings. The van der Waals surface area contributed by atoms with Gasteiger partial charge >= 0.3 is 10.1 Å². The Balaban J connectivity index is 1.86. The number of hydrogen-bond donors (Lipinski definition) is 0. The van der Waals surface area contributed by atoms with Crippen LogP contribution in [0.25, 0.3) is 5.69 Å². The summed E-state index contributed by atoms with van der Waals surface area (Å²) in [6.07, 6.45) is 1.42. The maximum atomic E-state index is 12.2. The van der Waals surface area contributed by atoms with Crippen molar-refractivity contribution < 1.29 is 12.6 Å². The van der Waals surface area contributed by atoms with Crippen LogP contribution in [0.4, 0.5) is 0 Å². The molecule has 0 saturated heterocycles. The lowest BCUT2D eigenvalue weighted by molar-refractivity contribution is 0.486. The van der Waals surface area contributed by atoms with Crippen LogP contribution in [-0.4, -0.2) is 28.6 Å². The van der Waals surface area contributed by atoms with E-state index >= 15 is 0 Å². The molecule has 3 rings (SSSR count). The number of nitrogens with zero attached hydrogens (tertiary/aromatic N) is 4. The highest BCUT2D eigenvalue weighted by atomic mass is 35.5. The molecule has 0 atom stereocenters. The molecular weight excluding hydrogens is 363 g/mol. The van der Waals surface area contributed by atoms with Crippen LogP contribution in [0.3, 0.4) is 0 Å². The van der Waals surface area contributed by atoms with Gasteiger partial charge in [-0.15, -0.1) is 5.10 Å². The van der Waals surface area contributed by atoms with Crippen molar-refractivity contribution in [3.8, 4) is 11.4 Å². The molecule has 118 valence electrons. The molecule has 0 radical (unpaired) electrons. The number of hydrogen-bond acceptors (Lipinski definition) is 6. The van der Waals surface area contributed by atoms with E-state index in [0.717, 1.165) is 0 Å². The molecule has 1 heterocycles. The van der Waals surface area contributed by atoms with Crippen molar-refractivity contribution in [1.82, 2.24) is 20.2 Å². The number of aromatic nitrogens is 4. The Morgan fingerprint density at radius 3 is 2.22 bits per heavy atom. The van der Waals surface area contributed by atoms with Gasteiger partial charge in [0.15, 0.2) is 0 Å². The van der Waals surface area contributed by atoms with Crippen molar-refractivity contribution in [1.29, 1.82) is 0 Å². The minimum Gasteiger partial charge on any atom is -0.379 e. The topological polar surface area (TPSA) is 87.0 Å². The Labute approximate surface area is 141 Å². The smallest absolute Gasteiger partial charge is 0.339 e. The van der Waals surface area contributed by atoms with E-state index in [2.05, 4.69) is 15.5 Å². The molecule has 23 heavy (non-hydrogen) atoms. The van der Waals surface area contributed by atoms with Crippen LogP contribution in [-0.2, 0) is 10.1 Å². The van der Waals surface area contributed by atoms with Crippen molar-refractivity contribution in [2.24, 2.45) is 0 Å². The van der Waals surface area contributed by atoms with Gasteiger partial charge in [-0.05, 0) is 52.9 Å². The molecule has 3 aromatic rings. The third kappa shape index (κ3) is 3.61. The number of rotatable bonds is 4. The molecule has 0 amide bonds. The van der Waals surface area contributed by atoms with Gasteiger partial charge in [-0.3, -0.25) is 0 Å². The van der Waals surface area contributed by atoms with Gasteiger partial charge in [0.1, 0.15) is 17.0 Å². The Hall–Kier alpha value is -2.16. The molecule has 0 bridgehead atoms. The number of benzene rings is 2. The van der Waals surface area contributed by atoms with Crippen molar-refractivity contribution in [3.05, 3.63) is 58.8 Å². The summed E-state index contributed by atoms with van der Waals surface area (Å²) < 4.78 is 31.0. The van der Waals surface area contributed by atoms with Crippen LogP contribution < -0.4 is 4.18 Å². The number of tetrazole rings is 1. The second-order valence-electron chi connectivity index (χ2n) is 4.39. The van der Waals surface area contributed by atoms with E-state index < -0.39 is 10.1 Å². The highest BCUT2D eigenvalue weighted by Crippen LogP contribution is 2.25. The van der Waals surface area contributed by atoms with Crippen LogP contribution in [0.2, 0.25) is 10.0 Å². The summed E-state index contributed by atoms with van der Waals surface area (Å²) in [5, 5.41) is 11.2. The molecule has 0 N–H and O–H groups in total. The van der Waals surface area contributed by atoms with Crippen LogP contribution in [0.1, 0.15) is 0 Å². The lowest BCUT2D eigenvalue weighted by atomic mass is 10.3. The lowest BCUT2D eigenvalue weighted by Gasteiger charge is -2.08. The molecule has 0 saturated carbocycles. The van der Waals surface area contributed by atoms with E-state index in [-0.39, 0.29) is 20.7 Å². The maximum absolute atomic E-state index is 12.2. The first kappa shape index (κ1) is 15.7. The van der Waals surface area contributed by atoms with Crippen molar-refractivity contribution in [2.75, 3.05) is 0 Å². The quantitative estimate of drug-likeness (QED) is 0.656. The van der Waals surface area contributed by atoms with Gasteiger partial charge in [-0.1, -0.05) is 23.2 Å². The standard InChI is InChI=1S/C13H8Cl2N4O3S/c14-9-5-10(15)7-13(6-9)23(20,21)22-12-3-1-11(2-4-12)19-8-16-17-18-19/h1-8H. The summed E-state index contributed by atoms with van der Waals surface area (Å²) >= 11 is 11.6. The molecule has 0 aliphatic rings. The SMILES string of the molecule is O=S(=O)(Oc1ccc(-n2cnnn2)cc1)c1cc(Cl)cc(Cl)c1. The molecule has 0 unspecified atom stereocenters. The first-order chi connectivity index (χ1) is 10.9. The van der Waals surface area contributed by atoms with E-state index in [1.807, 2.05) is 0 Å². The fourth-order valence-electron chi connectivity index (χ4n) is 1.78. The average molecular weight is 371 g/mol. The van der Waals surface area contributed by atoms with Crippen molar-refractivity contribution >= 4 is 33.3 Å². The fraction of sp³-hybridized carbons (Fsp3) is 0. The van der Waals surface area contributed by atoms with E-state index in [4.69, 9.17) is 27.4 Å². The molecule has 0 spiro atoms. The Bertz CT molecular complexity index is 908. The second-order valence-corrected chi connectivity index (χ2v) is 6.81. The van der Waals surface area contributed by atoms with Gasteiger partial charge in [0.2, 0.25) is 0 Å². The zero-order valence-electron chi connectivity index (χ0n) is 11.3. The average Bonchev–Trinajstić information content (AvgIpc) is 3.01. The van der Waals surface area contributed by atoms with Gasteiger partial charge in [0.05, 0.1) is 5.69 Å². The summed E-state index contributed by atoms with van der Waals surface area (Å²) in [5.41, 5.74) is 0.658. The minimum atomic E-state index is -4.04. The predicted octanol–water partition coefficient (Wildman–Crippen LogP) is 2.74. The minimum absolute atomic E-state index is 0.125. The molecule has 7 nitrogen and oxygen atoms in total. The summed E-state index contributed by atoms with van der Waals surface area (Å²) in [7, 11) is -4.04. The predicted molar refractivity (Wildman–Crippen MR) is 83.4 cm³/mol. The first-order valence-electron chi connectivity index (χ1n) is 6.18. The van der Waals surface area contributed by atoms with Crippen LogP contribution in [0.15, 0.2) is 53.7 Å². The normalized spacial score (nSPS) is 11.4. The molecular formula is C13H8Cl2N4O3S. The maximum Gasteiger partial charge on any atom is 0.339 e. The first-order valence-corrected chi connectivity index (χ1v) is 8.34. The summed E-state index contributed by atoms with van der Waals surface area (Å²) in [5.74, 6) is 0.137. The van der Waals surface area contributed by atoms with Gasteiger partial charge in [-0.2, -0.15) is 8.42 Å². The zero-order valence-corrected chi connectivity index (χ0v) is 13.6. The summed E-state index contributed by atoms with van der Waals surface area (Å²) in [4.78, 5) is -0.125. The monoisotopic (exact) mass is 370 g/mol. The summed E-state index contributed by atoms with van der Waals surface area (Å²) in [6.45, 7) is 0. The van der Waals surface area contributed by atoms with Crippen molar-refractivity contribution in [2.45, 2.75) is 4.90 Å².